The molecule has 2 aromatic rings. The SMILES string of the molecule is O=C(NCc1ccc(CN2CCCC2)cc1)c1ccco1. The van der Waals surface area contributed by atoms with Crippen LogP contribution in [0.2, 0.25) is 0 Å². The lowest BCUT2D eigenvalue weighted by Gasteiger charge is -2.14. The third-order valence-electron chi connectivity index (χ3n) is 3.83. The summed E-state index contributed by atoms with van der Waals surface area (Å²) < 4.78 is 5.06. The molecule has 4 heteroatoms. The van der Waals surface area contributed by atoms with E-state index in [4.69, 9.17) is 4.42 Å². The monoisotopic (exact) mass is 284 g/mol. The van der Waals surface area contributed by atoms with Crippen molar-refractivity contribution < 1.29 is 9.21 Å². The Bertz CT molecular complexity index is 569. The fraction of sp³-hybridized carbons (Fsp3) is 0.353. The van der Waals surface area contributed by atoms with Crippen LogP contribution in [0.1, 0.15) is 34.5 Å². The number of likely N-dealkylation sites (tertiary alicyclic amines) is 1. The van der Waals surface area contributed by atoms with E-state index in [2.05, 4.69) is 34.5 Å². The number of carbonyl (C=O) groups is 1. The number of furan rings is 1. The van der Waals surface area contributed by atoms with Gasteiger partial charge in [0, 0.05) is 13.1 Å². The lowest BCUT2D eigenvalue weighted by atomic mass is 10.1. The highest BCUT2D eigenvalue weighted by Gasteiger charge is 2.11. The molecule has 0 saturated carbocycles. The quantitative estimate of drug-likeness (QED) is 0.918. The highest BCUT2D eigenvalue weighted by Crippen LogP contribution is 2.13. The predicted molar refractivity (Wildman–Crippen MR) is 80.8 cm³/mol. The maximum atomic E-state index is 11.8. The van der Waals surface area contributed by atoms with Gasteiger partial charge in [-0.1, -0.05) is 24.3 Å². The smallest absolute Gasteiger partial charge is 0.287 e. The summed E-state index contributed by atoms with van der Waals surface area (Å²) in [6.45, 7) is 3.96. The fourth-order valence-electron chi connectivity index (χ4n) is 2.64. The van der Waals surface area contributed by atoms with Gasteiger partial charge in [0.2, 0.25) is 0 Å². The van der Waals surface area contributed by atoms with Gasteiger partial charge in [-0.05, 0) is 49.2 Å². The molecule has 110 valence electrons. The second-order valence-electron chi connectivity index (χ2n) is 5.46. The zero-order valence-corrected chi connectivity index (χ0v) is 12.0. The third kappa shape index (κ3) is 3.73. The molecule has 0 unspecified atom stereocenters. The summed E-state index contributed by atoms with van der Waals surface area (Å²) in [5.74, 6) is 0.168. The summed E-state index contributed by atoms with van der Waals surface area (Å²) in [7, 11) is 0. The average molecular weight is 284 g/mol. The van der Waals surface area contributed by atoms with E-state index in [0.717, 1.165) is 12.1 Å². The van der Waals surface area contributed by atoms with Crippen molar-refractivity contribution in [3.05, 3.63) is 59.5 Å². The lowest BCUT2D eigenvalue weighted by Crippen LogP contribution is -2.22. The second-order valence-corrected chi connectivity index (χ2v) is 5.46. The Morgan fingerprint density at radius 2 is 1.81 bits per heavy atom. The molecule has 1 saturated heterocycles. The number of carbonyl (C=O) groups excluding carboxylic acids is 1. The van der Waals surface area contributed by atoms with E-state index >= 15 is 0 Å². The summed E-state index contributed by atoms with van der Waals surface area (Å²) >= 11 is 0. The highest BCUT2D eigenvalue weighted by molar-refractivity contribution is 5.91. The van der Waals surface area contributed by atoms with Crippen LogP contribution in [0.3, 0.4) is 0 Å². The van der Waals surface area contributed by atoms with Gasteiger partial charge < -0.3 is 9.73 Å². The van der Waals surface area contributed by atoms with Gasteiger partial charge in [0.25, 0.3) is 5.91 Å². The normalized spacial score (nSPS) is 15.2. The van der Waals surface area contributed by atoms with Gasteiger partial charge in [0.1, 0.15) is 0 Å². The van der Waals surface area contributed by atoms with E-state index in [1.807, 2.05) is 0 Å². The van der Waals surface area contributed by atoms with Crippen LogP contribution < -0.4 is 5.32 Å². The first-order chi connectivity index (χ1) is 10.3. The minimum Gasteiger partial charge on any atom is -0.459 e. The molecular formula is C17H20N2O2. The van der Waals surface area contributed by atoms with Crippen molar-refractivity contribution in [1.29, 1.82) is 0 Å². The number of nitrogens with one attached hydrogen (secondary N) is 1. The molecule has 0 atom stereocenters. The molecule has 1 aliphatic rings. The van der Waals surface area contributed by atoms with Crippen LogP contribution in [0.4, 0.5) is 0 Å². The van der Waals surface area contributed by atoms with Gasteiger partial charge in [-0.2, -0.15) is 0 Å². The molecule has 1 aliphatic heterocycles. The van der Waals surface area contributed by atoms with E-state index in [1.165, 1.54) is 37.8 Å². The van der Waals surface area contributed by atoms with Gasteiger partial charge in [0.15, 0.2) is 5.76 Å². The Labute approximate surface area is 124 Å². The Morgan fingerprint density at radius 3 is 2.48 bits per heavy atom. The first-order valence-electron chi connectivity index (χ1n) is 7.43. The molecule has 1 fully saturated rings. The van der Waals surface area contributed by atoms with Crippen LogP contribution in [0, 0.1) is 0 Å². The zero-order chi connectivity index (χ0) is 14.5. The van der Waals surface area contributed by atoms with E-state index < -0.39 is 0 Å². The van der Waals surface area contributed by atoms with Gasteiger partial charge in [0.05, 0.1) is 6.26 Å². The highest BCUT2D eigenvalue weighted by atomic mass is 16.3. The van der Waals surface area contributed by atoms with Crippen LogP contribution in [0.5, 0.6) is 0 Å². The maximum absolute atomic E-state index is 11.8. The van der Waals surface area contributed by atoms with Gasteiger partial charge in [-0.3, -0.25) is 9.69 Å². The predicted octanol–water partition coefficient (Wildman–Crippen LogP) is 2.81. The van der Waals surface area contributed by atoms with Crippen LogP contribution >= 0.6 is 0 Å². The Hall–Kier alpha value is -2.07. The minimum absolute atomic E-state index is 0.179. The van der Waals surface area contributed by atoms with Crippen molar-refractivity contribution >= 4 is 5.91 Å². The largest absolute Gasteiger partial charge is 0.459 e. The van der Waals surface area contributed by atoms with Crippen molar-refractivity contribution in [2.75, 3.05) is 13.1 Å². The van der Waals surface area contributed by atoms with Gasteiger partial charge >= 0.3 is 0 Å². The molecule has 1 amide bonds. The molecule has 1 N–H and O–H groups in total. The lowest BCUT2D eigenvalue weighted by molar-refractivity contribution is 0.0923. The molecule has 2 heterocycles. The zero-order valence-electron chi connectivity index (χ0n) is 12.0. The Morgan fingerprint density at radius 1 is 1.10 bits per heavy atom. The molecular weight excluding hydrogens is 264 g/mol. The van der Waals surface area contributed by atoms with Crippen LogP contribution in [-0.4, -0.2) is 23.9 Å². The number of benzene rings is 1. The summed E-state index contributed by atoms with van der Waals surface area (Å²) in [4.78, 5) is 14.2. The first kappa shape index (κ1) is 13.9. The van der Waals surface area contributed by atoms with Crippen molar-refractivity contribution in [3.8, 4) is 0 Å². The maximum Gasteiger partial charge on any atom is 0.287 e. The summed E-state index contributed by atoms with van der Waals surface area (Å²) in [6, 6.07) is 11.8. The number of amides is 1. The van der Waals surface area contributed by atoms with Crippen molar-refractivity contribution in [3.63, 3.8) is 0 Å². The van der Waals surface area contributed by atoms with Crippen molar-refractivity contribution in [1.82, 2.24) is 10.2 Å². The minimum atomic E-state index is -0.179. The summed E-state index contributed by atoms with van der Waals surface area (Å²) in [5.41, 5.74) is 2.43. The number of hydrogen-bond donors (Lipinski definition) is 1. The Kier molecular flexibility index (Phi) is 4.36. The molecule has 1 aromatic carbocycles. The van der Waals surface area contributed by atoms with Gasteiger partial charge in [-0.25, -0.2) is 0 Å². The van der Waals surface area contributed by atoms with Crippen LogP contribution in [0.15, 0.2) is 47.1 Å². The molecule has 0 bridgehead atoms. The topological polar surface area (TPSA) is 45.5 Å². The van der Waals surface area contributed by atoms with Crippen LogP contribution in [-0.2, 0) is 13.1 Å². The van der Waals surface area contributed by atoms with E-state index in [-0.39, 0.29) is 5.91 Å². The van der Waals surface area contributed by atoms with E-state index in [1.54, 1.807) is 12.1 Å². The fourth-order valence-corrected chi connectivity index (χ4v) is 2.64. The molecule has 4 nitrogen and oxygen atoms in total. The van der Waals surface area contributed by atoms with E-state index in [9.17, 15) is 4.79 Å². The molecule has 1 aromatic heterocycles. The molecule has 3 rings (SSSR count). The number of nitrogens with zero attached hydrogens (tertiary/aromatic N) is 1. The van der Waals surface area contributed by atoms with Crippen molar-refractivity contribution in [2.24, 2.45) is 0 Å². The summed E-state index contributed by atoms with van der Waals surface area (Å²) in [5, 5.41) is 2.85. The Balaban J connectivity index is 1.51. The molecule has 0 aliphatic carbocycles. The van der Waals surface area contributed by atoms with Crippen molar-refractivity contribution in [2.45, 2.75) is 25.9 Å². The van der Waals surface area contributed by atoms with Gasteiger partial charge in [-0.15, -0.1) is 0 Å². The van der Waals surface area contributed by atoms with Crippen LogP contribution in [0.25, 0.3) is 0 Å². The molecule has 0 radical (unpaired) electrons. The number of hydrogen-bond acceptors (Lipinski definition) is 3. The standard InChI is InChI=1S/C17H20N2O2/c20-17(16-4-3-11-21-16)18-12-14-5-7-15(8-6-14)13-19-9-1-2-10-19/h3-8,11H,1-2,9-10,12-13H2,(H,18,20). The second kappa shape index (κ2) is 6.59. The number of rotatable bonds is 5. The molecule has 21 heavy (non-hydrogen) atoms. The average Bonchev–Trinajstić information content (AvgIpc) is 3.19. The first-order valence-corrected chi connectivity index (χ1v) is 7.43. The molecule has 0 spiro atoms. The summed E-state index contributed by atoms with van der Waals surface area (Å²) in [6.07, 6.45) is 4.13. The third-order valence-corrected chi connectivity index (χ3v) is 3.83. The van der Waals surface area contributed by atoms with E-state index in [0.29, 0.717) is 12.3 Å².